The van der Waals surface area contributed by atoms with E-state index in [0.717, 1.165) is 0 Å². The Hall–Kier alpha value is -1.97. The Labute approximate surface area is 133 Å². The van der Waals surface area contributed by atoms with Gasteiger partial charge in [-0.15, -0.1) is 0 Å². The smallest absolute Gasteiger partial charge is 0.351 e. The van der Waals surface area contributed by atoms with Crippen molar-refractivity contribution in [2.24, 2.45) is 11.7 Å². The largest absolute Gasteiger partial charge is 0.458 e. The molecule has 0 aliphatic carbocycles. The van der Waals surface area contributed by atoms with Crippen molar-refractivity contribution in [2.75, 3.05) is 12.3 Å². The van der Waals surface area contributed by atoms with Gasteiger partial charge in [0.15, 0.2) is 0 Å². The summed E-state index contributed by atoms with van der Waals surface area (Å²) in [7, 11) is 0. The molecule has 2 heterocycles. The predicted octanol–water partition coefficient (Wildman–Crippen LogP) is -1.000. The standard InChI is InChI=1S/C14H22N4O5/c1-7(2)12(16)13(20)23-8-5-11(22-9(8)6-19)18-4-3-10(15)17-14(18)21/h3-4,7-9,11-12,19H,5-6,16H2,1-2H3,(H2,15,17,21)/t8-,9-,11-,12-/m0/s1. The van der Waals surface area contributed by atoms with E-state index in [-0.39, 0.29) is 24.8 Å². The summed E-state index contributed by atoms with van der Waals surface area (Å²) in [6.07, 6.45) is -0.443. The van der Waals surface area contributed by atoms with E-state index >= 15 is 0 Å². The number of carbonyl (C=O) groups is 1. The fourth-order valence-electron chi connectivity index (χ4n) is 2.30. The van der Waals surface area contributed by atoms with E-state index in [1.54, 1.807) is 0 Å². The lowest BCUT2D eigenvalue weighted by Gasteiger charge is -2.20. The summed E-state index contributed by atoms with van der Waals surface area (Å²) in [4.78, 5) is 27.4. The van der Waals surface area contributed by atoms with E-state index in [9.17, 15) is 14.7 Å². The first-order chi connectivity index (χ1) is 10.8. The van der Waals surface area contributed by atoms with Crippen LogP contribution in [0.5, 0.6) is 0 Å². The van der Waals surface area contributed by atoms with Gasteiger partial charge in [-0.3, -0.25) is 9.36 Å². The van der Waals surface area contributed by atoms with Crippen LogP contribution in [0.4, 0.5) is 5.82 Å². The van der Waals surface area contributed by atoms with E-state index < -0.39 is 36.1 Å². The Kier molecular flexibility index (Phi) is 5.34. The maximum atomic E-state index is 12.0. The number of aromatic nitrogens is 2. The first kappa shape index (κ1) is 17.4. The number of nitrogens with zero attached hydrogens (tertiary/aromatic N) is 2. The van der Waals surface area contributed by atoms with Gasteiger partial charge in [0.25, 0.3) is 0 Å². The SMILES string of the molecule is CC(C)[C@H](N)C(=O)O[C@H]1C[C@@H](n2ccc(N)nc2=O)O[C@H]1CO. The van der Waals surface area contributed by atoms with Crippen LogP contribution in [0.25, 0.3) is 0 Å². The van der Waals surface area contributed by atoms with Crippen LogP contribution in [0.2, 0.25) is 0 Å². The number of aliphatic hydroxyl groups excluding tert-OH is 1. The summed E-state index contributed by atoms with van der Waals surface area (Å²) in [5.41, 5.74) is 10.6. The lowest BCUT2D eigenvalue weighted by atomic mass is 10.1. The molecular formula is C14H22N4O5. The molecule has 9 nitrogen and oxygen atoms in total. The maximum Gasteiger partial charge on any atom is 0.351 e. The van der Waals surface area contributed by atoms with Crippen molar-refractivity contribution in [3.05, 3.63) is 22.7 Å². The molecule has 0 spiro atoms. The molecular weight excluding hydrogens is 304 g/mol. The van der Waals surface area contributed by atoms with E-state index in [2.05, 4.69) is 4.98 Å². The fourth-order valence-corrected chi connectivity index (χ4v) is 2.30. The zero-order chi connectivity index (χ0) is 17.1. The van der Waals surface area contributed by atoms with Gasteiger partial charge in [-0.25, -0.2) is 4.79 Å². The lowest BCUT2D eigenvalue weighted by Crippen LogP contribution is -2.41. The Morgan fingerprint density at radius 1 is 1.61 bits per heavy atom. The van der Waals surface area contributed by atoms with Crippen LogP contribution in [0.3, 0.4) is 0 Å². The van der Waals surface area contributed by atoms with Crippen molar-refractivity contribution >= 4 is 11.8 Å². The van der Waals surface area contributed by atoms with Crippen molar-refractivity contribution in [1.29, 1.82) is 0 Å². The summed E-state index contributed by atoms with van der Waals surface area (Å²) in [5.74, 6) is -0.526. The van der Waals surface area contributed by atoms with Crippen LogP contribution in [-0.2, 0) is 14.3 Å². The summed E-state index contributed by atoms with van der Waals surface area (Å²) in [6.45, 7) is 3.27. The van der Waals surface area contributed by atoms with E-state index in [1.807, 2.05) is 13.8 Å². The van der Waals surface area contributed by atoms with Crippen molar-refractivity contribution in [2.45, 2.75) is 44.7 Å². The number of ether oxygens (including phenoxy) is 2. The van der Waals surface area contributed by atoms with Crippen LogP contribution in [0.15, 0.2) is 17.1 Å². The molecule has 0 radical (unpaired) electrons. The first-order valence-electron chi connectivity index (χ1n) is 7.40. The van der Waals surface area contributed by atoms with E-state index in [1.165, 1.54) is 16.8 Å². The molecule has 1 aliphatic heterocycles. The summed E-state index contributed by atoms with van der Waals surface area (Å²) >= 11 is 0. The predicted molar refractivity (Wildman–Crippen MR) is 81.2 cm³/mol. The molecule has 0 bridgehead atoms. The molecule has 1 aromatic heterocycles. The molecule has 0 saturated carbocycles. The van der Waals surface area contributed by atoms with Gasteiger partial charge >= 0.3 is 11.7 Å². The number of carbonyl (C=O) groups excluding carboxylic acids is 1. The second-order valence-electron chi connectivity index (χ2n) is 5.83. The van der Waals surface area contributed by atoms with Gasteiger partial charge in [-0.05, 0) is 12.0 Å². The van der Waals surface area contributed by atoms with Gasteiger partial charge in [-0.1, -0.05) is 13.8 Å². The molecule has 0 unspecified atom stereocenters. The summed E-state index contributed by atoms with van der Waals surface area (Å²) in [6, 6.07) is 0.710. The zero-order valence-electron chi connectivity index (χ0n) is 13.1. The quantitative estimate of drug-likeness (QED) is 0.585. The fraction of sp³-hybridized carbons (Fsp3) is 0.643. The van der Waals surface area contributed by atoms with Gasteiger partial charge in [-0.2, -0.15) is 4.98 Å². The second-order valence-corrected chi connectivity index (χ2v) is 5.83. The van der Waals surface area contributed by atoms with Crippen LogP contribution < -0.4 is 17.2 Å². The molecule has 2 rings (SSSR count). The highest BCUT2D eigenvalue weighted by Crippen LogP contribution is 2.30. The molecule has 4 atom stereocenters. The number of rotatable bonds is 5. The van der Waals surface area contributed by atoms with Crippen molar-refractivity contribution in [3.8, 4) is 0 Å². The van der Waals surface area contributed by atoms with Crippen LogP contribution in [0.1, 0.15) is 26.5 Å². The van der Waals surface area contributed by atoms with Gasteiger partial charge in [0.05, 0.1) is 6.61 Å². The number of nitrogens with two attached hydrogens (primary N) is 2. The summed E-state index contributed by atoms with van der Waals surface area (Å²) < 4.78 is 12.2. The molecule has 128 valence electrons. The van der Waals surface area contributed by atoms with Crippen LogP contribution in [-0.4, -0.2) is 45.5 Å². The number of anilines is 1. The number of nitrogen functional groups attached to an aromatic ring is 1. The molecule has 9 heteroatoms. The molecule has 0 amide bonds. The van der Waals surface area contributed by atoms with Gasteiger partial charge < -0.3 is 26.0 Å². The molecule has 1 fully saturated rings. The minimum absolute atomic E-state index is 0.0721. The Bertz CT molecular complexity index is 617. The molecule has 1 aromatic rings. The molecule has 1 saturated heterocycles. The van der Waals surface area contributed by atoms with Gasteiger partial charge in [0.1, 0.15) is 30.3 Å². The summed E-state index contributed by atoms with van der Waals surface area (Å²) in [5, 5.41) is 9.40. The number of esters is 1. The molecule has 5 N–H and O–H groups in total. The lowest BCUT2D eigenvalue weighted by molar-refractivity contribution is -0.155. The third-order valence-electron chi connectivity index (χ3n) is 3.78. The highest BCUT2D eigenvalue weighted by Gasteiger charge is 2.39. The Morgan fingerprint density at radius 3 is 2.87 bits per heavy atom. The van der Waals surface area contributed by atoms with Gasteiger partial charge in [0, 0.05) is 12.6 Å². The van der Waals surface area contributed by atoms with E-state index in [0.29, 0.717) is 0 Å². The third kappa shape index (κ3) is 3.87. The first-order valence-corrected chi connectivity index (χ1v) is 7.40. The highest BCUT2D eigenvalue weighted by molar-refractivity contribution is 5.76. The van der Waals surface area contributed by atoms with E-state index in [4.69, 9.17) is 20.9 Å². The Morgan fingerprint density at radius 2 is 2.30 bits per heavy atom. The van der Waals surface area contributed by atoms with Crippen molar-refractivity contribution in [1.82, 2.24) is 9.55 Å². The van der Waals surface area contributed by atoms with Crippen molar-refractivity contribution < 1.29 is 19.4 Å². The average molecular weight is 326 g/mol. The Balaban J connectivity index is 2.11. The maximum absolute atomic E-state index is 12.0. The number of hydrogen-bond donors (Lipinski definition) is 3. The van der Waals surface area contributed by atoms with Crippen LogP contribution >= 0.6 is 0 Å². The number of hydrogen-bond acceptors (Lipinski definition) is 8. The molecule has 23 heavy (non-hydrogen) atoms. The minimum atomic E-state index is -0.755. The highest BCUT2D eigenvalue weighted by atomic mass is 16.6. The molecule has 0 aromatic carbocycles. The number of aliphatic hydroxyl groups is 1. The zero-order valence-corrected chi connectivity index (χ0v) is 13.1. The minimum Gasteiger partial charge on any atom is -0.458 e. The average Bonchev–Trinajstić information content (AvgIpc) is 2.88. The molecule has 1 aliphatic rings. The normalized spacial score (nSPS) is 25.5. The monoisotopic (exact) mass is 326 g/mol. The van der Waals surface area contributed by atoms with Crippen molar-refractivity contribution in [3.63, 3.8) is 0 Å². The third-order valence-corrected chi connectivity index (χ3v) is 3.78. The van der Waals surface area contributed by atoms with Gasteiger partial charge in [0.2, 0.25) is 0 Å². The second kappa shape index (κ2) is 7.07. The van der Waals surface area contributed by atoms with Crippen LogP contribution in [0, 0.1) is 5.92 Å². The topological polar surface area (TPSA) is 143 Å².